The zero-order valence-electron chi connectivity index (χ0n) is 14.0. The standard InChI is InChI=1S/C19H18Cl2N2O3/c1-9-6-10(4-5-22-9)16-17(15-8-14(24)18(16)26-15)19(25)23-11-2-3-12(20)13(21)7-11/h2-7,14-18,24H,8H2,1H3,(H,23,25). The van der Waals surface area contributed by atoms with Gasteiger partial charge in [0.15, 0.2) is 0 Å². The number of ether oxygens (including phenoxy) is 1. The Morgan fingerprint density at radius 3 is 2.81 bits per heavy atom. The number of aromatic nitrogens is 1. The third-order valence-corrected chi connectivity index (χ3v) is 5.86. The van der Waals surface area contributed by atoms with E-state index in [1.54, 1.807) is 24.4 Å². The van der Waals surface area contributed by atoms with Crippen LogP contribution in [-0.2, 0) is 9.53 Å². The maximum absolute atomic E-state index is 13.0. The fourth-order valence-corrected chi connectivity index (χ4v) is 4.31. The van der Waals surface area contributed by atoms with Crippen LogP contribution in [0.4, 0.5) is 5.69 Å². The van der Waals surface area contributed by atoms with Gasteiger partial charge >= 0.3 is 0 Å². The average Bonchev–Trinajstić information content (AvgIpc) is 3.15. The summed E-state index contributed by atoms with van der Waals surface area (Å²) in [6, 6.07) is 8.80. The zero-order chi connectivity index (χ0) is 18.4. The number of fused-ring (bicyclic) bond motifs is 2. The molecule has 0 saturated carbocycles. The number of carbonyl (C=O) groups excluding carboxylic acids is 1. The van der Waals surface area contributed by atoms with Gasteiger partial charge in [0.05, 0.1) is 34.3 Å². The molecule has 2 bridgehead atoms. The Morgan fingerprint density at radius 2 is 2.08 bits per heavy atom. The first kappa shape index (κ1) is 17.7. The predicted octanol–water partition coefficient (Wildman–Crippen LogP) is 3.57. The van der Waals surface area contributed by atoms with E-state index in [9.17, 15) is 9.90 Å². The van der Waals surface area contributed by atoms with Crippen molar-refractivity contribution in [3.05, 3.63) is 57.8 Å². The fraction of sp³-hybridized carbons (Fsp3) is 0.368. The van der Waals surface area contributed by atoms with E-state index in [4.69, 9.17) is 27.9 Å². The van der Waals surface area contributed by atoms with Gasteiger partial charge in [-0.1, -0.05) is 23.2 Å². The normalized spacial score (nSPS) is 29.8. The summed E-state index contributed by atoms with van der Waals surface area (Å²) in [5, 5.41) is 14.0. The molecule has 0 spiro atoms. The molecule has 26 heavy (non-hydrogen) atoms. The molecule has 0 radical (unpaired) electrons. The lowest BCUT2D eigenvalue weighted by atomic mass is 9.74. The highest BCUT2D eigenvalue weighted by molar-refractivity contribution is 6.42. The van der Waals surface area contributed by atoms with E-state index in [1.165, 1.54) is 0 Å². The van der Waals surface area contributed by atoms with Crippen LogP contribution in [0.2, 0.25) is 10.0 Å². The van der Waals surface area contributed by atoms with Gasteiger partial charge in [0, 0.05) is 29.9 Å². The maximum Gasteiger partial charge on any atom is 0.230 e. The van der Waals surface area contributed by atoms with Crippen LogP contribution in [0.1, 0.15) is 23.6 Å². The number of aliphatic hydroxyl groups excluding tert-OH is 1. The predicted molar refractivity (Wildman–Crippen MR) is 99.6 cm³/mol. The summed E-state index contributed by atoms with van der Waals surface area (Å²) < 4.78 is 5.93. The molecule has 5 atom stereocenters. The Morgan fingerprint density at radius 1 is 1.27 bits per heavy atom. The molecule has 5 nitrogen and oxygen atoms in total. The van der Waals surface area contributed by atoms with Crippen molar-refractivity contribution < 1.29 is 14.6 Å². The molecule has 1 aromatic carbocycles. The SMILES string of the molecule is Cc1cc(C2C3OC(CC3O)C2C(=O)Nc2ccc(Cl)c(Cl)c2)ccn1. The van der Waals surface area contributed by atoms with Crippen molar-refractivity contribution in [1.82, 2.24) is 4.98 Å². The second-order valence-corrected chi connectivity index (χ2v) is 7.66. The number of aliphatic hydroxyl groups is 1. The average molecular weight is 393 g/mol. The van der Waals surface area contributed by atoms with Crippen molar-refractivity contribution in [2.75, 3.05) is 5.32 Å². The van der Waals surface area contributed by atoms with Crippen LogP contribution in [0.25, 0.3) is 0 Å². The summed E-state index contributed by atoms with van der Waals surface area (Å²) in [5.41, 5.74) is 2.40. The Kier molecular flexibility index (Phi) is 4.65. The molecule has 5 unspecified atom stereocenters. The highest BCUT2D eigenvalue weighted by Crippen LogP contribution is 2.49. The molecule has 2 saturated heterocycles. The van der Waals surface area contributed by atoms with Crippen LogP contribution in [0, 0.1) is 12.8 Å². The largest absolute Gasteiger partial charge is 0.390 e. The number of carbonyl (C=O) groups is 1. The Hall–Kier alpha value is -1.66. The number of amides is 1. The molecule has 1 aromatic heterocycles. The summed E-state index contributed by atoms with van der Waals surface area (Å²) in [6.45, 7) is 1.90. The van der Waals surface area contributed by atoms with Crippen LogP contribution < -0.4 is 5.32 Å². The number of aryl methyl sites for hydroxylation is 1. The number of hydrogen-bond acceptors (Lipinski definition) is 4. The minimum atomic E-state index is -0.563. The Bertz CT molecular complexity index is 860. The van der Waals surface area contributed by atoms with Gasteiger partial charge in [-0.25, -0.2) is 0 Å². The highest BCUT2D eigenvalue weighted by Gasteiger charge is 2.56. The number of hydrogen-bond donors (Lipinski definition) is 2. The number of benzene rings is 1. The van der Waals surface area contributed by atoms with E-state index in [1.807, 2.05) is 19.1 Å². The van der Waals surface area contributed by atoms with Gasteiger partial charge in [0.25, 0.3) is 0 Å². The zero-order valence-corrected chi connectivity index (χ0v) is 15.5. The van der Waals surface area contributed by atoms with Crippen LogP contribution >= 0.6 is 23.2 Å². The molecular weight excluding hydrogens is 375 g/mol. The van der Waals surface area contributed by atoms with Gasteiger partial charge in [-0.2, -0.15) is 0 Å². The smallest absolute Gasteiger partial charge is 0.230 e. The molecule has 2 aromatic rings. The number of rotatable bonds is 3. The first-order chi connectivity index (χ1) is 12.4. The molecule has 2 N–H and O–H groups in total. The summed E-state index contributed by atoms with van der Waals surface area (Å²) in [5.74, 6) is -0.755. The molecule has 7 heteroatoms. The lowest BCUT2D eigenvalue weighted by molar-refractivity contribution is -0.121. The topological polar surface area (TPSA) is 71.5 Å². The van der Waals surface area contributed by atoms with Crippen molar-refractivity contribution in [2.24, 2.45) is 5.92 Å². The van der Waals surface area contributed by atoms with Gasteiger partial charge in [0.1, 0.15) is 0 Å². The van der Waals surface area contributed by atoms with E-state index < -0.39 is 6.10 Å². The molecule has 2 fully saturated rings. The van der Waals surface area contributed by atoms with Crippen LogP contribution in [-0.4, -0.2) is 34.3 Å². The summed E-state index contributed by atoms with van der Waals surface area (Å²) in [4.78, 5) is 17.2. The molecule has 1 amide bonds. The molecule has 4 rings (SSSR count). The van der Waals surface area contributed by atoms with Gasteiger partial charge in [-0.15, -0.1) is 0 Å². The second-order valence-electron chi connectivity index (χ2n) is 6.84. The lowest BCUT2D eigenvalue weighted by Crippen LogP contribution is -2.41. The molecule has 3 heterocycles. The second kappa shape index (κ2) is 6.82. The van der Waals surface area contributed by atoms with Crippen molar-refractivity contribution in [2.45, 2.75) is 37.6 Å². The minimum Gasteiger partial charge on any atom is -0.390 e. The number of halogens is 2. The highest BCUT2D eigenvalue weighted by atomic mass is 35.5. The van der Waals surface area contributed by atoms with Crippen molar-refractivity contribution in [1.29, 1.82) is 0 Å². The van der Waals surface area contributed by atoms with Crippen LogP contribution in [0.5, 0.6) is 0 Å². The number of nitrogens with one attached hydrogen (secondary N) is 1. The third kappa shape index (κ3) is 3.09. The van der Waals surface area contributed by atoms with Crippen molar-refractivity contribution in [3.63, 3.8) is 0 Å². The lowest BCUT2D eigenvalue weighted by Gasteiger charge is -2.30. The van der Waals surface area contributed by atoms with Crippen molar-refractivity contribution >= 4 is 34.8 Å². The van der Waals surface area contributed by atoms with Crippen LogP contribution in [0.15, 0.2) is 36.5 Å². The van der Waals surface area contributed by atoms with E-state index in [-0.39, 0.29) is 30.0 Å². The maximum atomic E-state index is 13.0. The first-order valence-electron chi connectivity index (χ1n) is 8.46. The molecular formula is C19H18Cl2N2O3. The Balaban J connectivity index is 1.62. The minimum absolute atomic E-state index is 0.151. The molecule has 2 aliphatic heterocycles. The molecule has 0 aliphatic carbocycles. The van der Waals surface area contributed by atoms with Crippen LogP contribution in [0.3, 0.4) is 0 Å². The number of nitrogens with zero attached hydrogens (tertiary/aromatic N) is 1. The number of pyridine rings is 1. The van der Waals surface area contributed by atoms with E-state index in [0.29, 0.717) is 22.2 Å². The summed E-state index contributed by atoms with van der Waals surface area (Å²) in [7, 11) is 0. The third-order valence-electron chi connectivity index (χ3n) is 5.12. The van der Waals surface area contributed by atoms with E-state index in [2.05, 4.69) is 10.3 Å². The van der Waals surface area contributed by atoms with Gasteiger partial charge < -0.3 is 15.2 Å². The van der Waals surface area contributed by atoms with E-state index in [0.717, 1.165) is 11.3 Å². The van der Waals surface area contributed by atoms with E-state index >= 15 is 0 Å². The Labute approximate surface area is 161 Å². The molecule has 136 valence electrons. The van der Waals surface area contributed by atoms with Gasteiger partial charge in [0.2, 0.25) is 5.91 Å². The summed E-state index contributed by atoms with van der Waals surface area (Å²) in [6.07, 6.45) is 0.928. The molecule has 2 aliphatic rings. The van der Waals surface area contributed by atoms with Gasteiger partial charge in [-0.05, 0) is 42.8 Å². The monoisotopic (exact) mass is 392 g/mol. The fourth-order valence-electron chi connectivity index (χ4n) is 4.01. The van der Waals surface area contributed by atoms with Crippen molar-refractivity contribution in [3.8, 4) is 0 Å². The van der Waals surface area contributed by atoms with Gasteiger partial charge in [-0.3, -0.25) is 9.78 Å². The summed E-state index contributed by atoms with van der Waals surface area (Å²) >= 11 is 12.0. The first-order valence-corrected chi connectivity index (χ1v) is 9.21. The quantitative estimate of drug-likeness (QED) is 0.837. The number of anilines is 1.